The van der Waals surface area contributed by atoms with Crippen LogP contribution in [0.25, 0.3) is 0 Å². The SMILES string of the molecule is CCOc1ncnc(Oc2ccc(OC)cc2)c1[N+](=O)[O-]. The number of nitro groups is 1. The van der Waals surface area contributed by atoms with Gasteiger partial charge in [0.1, 0.15) is 17.8 Å². The maximum absolute atomic E-state index is 11.2. The first-order valence-corrected chi connectivity index (χ1v) is 6.09. The molecule has 0 aliphatic carbocycles. The lowest BCUT2D eigenvalue weighted by Gasteiger charge is -2.08. The van der Waals surface area contributed by atoms with Crippen molar-refractivity contribution in [2.24, 2.45) is 0 Å². The maximum atomic E-state index is 11.2. The van der Waals surface area contributed by atoms with E-state index in [0.717, 1.165) is 6.33 Å². The number of nitrogens with zero attached hydrogens (tertiary/aromatic N) is 3. The van der Waals surface area contributed by atoms with Crippen LogP contribution in [0.4, 0.5) is 5.69 Å². The monoisotopic (exact) mass is 291 g/mol. The van der Waals surface area contributed by atoms with Crippen molar-refractivity contribution < 1.29 is 19.1 Å². The Morgan fingerprint density at radius 1 is 1.14 bits per heavy atom. The topological polar surface area (TPSA) is 96.6 Å². The summed E-state index contributed by atoms with van der Waals surface area (Å²) in [6.45, 7) is 1.95. The second kappa shape index (κ2) is 6.51. The van der Waals surface area contributed by atoms with E-state index in [1.165, 1.54) is 0 Å². The summed E-state index contributed by atoms with van der Waals surface area (Å²) in [5.41, 5.74) is -0.407. The molecule has 0 atom stereocenters. The molecule has 0 aliphatic heterocycles. The minimum atomic E-state index is -0.635. The second-order valence-electron chi connectivity index (χ2n) is 3.80. The van der Waals surface area contributed by atoms with Crippen molar-refractivity contribution >= 4 is 5.69 Å². The summed E-state index contributed by atoms with van der Waals surface area (Å²) in [5.74, 6) is 0.735. The van der Waals surface area contributed by atoms with Gasteiger partial charge in [-0.25, -0.2) is 0 Å². The molecule has 0 spiro atoms. The molecule has 2 rings (SSSR count). The second-order valence-corrected chi connectivity index (χ2v) is 3.80. The first-order chi connectivity index (χ1) is 10.2. The standard InChI is InChI=1S/C13H13N3O5/c1-3-20-12-11(16(17)18)13(15-8-14-12)21-10-6-4-9(19-2)5-7-10/h4-8H,3H2,1-2H3. The van der Waals surface area contributed by atoms with Crippen LogP contribution in [0.2, 0.25) is 0 Å². The van der Waals surface area contributed by atoms with Gasteiger partial charge in [-0.1, -0.05) is 0 Å². The smallest absolute Gasteiger partial charge is 0.392 e. The fourth-order valence-electron chi connectivity index (χ4n) is 1.58. The highest BCUT2D eigenvalue weighted by molar-refractivity contribution is 5.50. The van der Waals surface area contributed by atoms with E-state index < -0.39 is 10.6 Å². The zero-order valence-corrected chi connectivity index (χ0v) is 11.5. The molecule has 8 nitrogen and oxygen atoms in total. The third-order valence-corrected chi connectivity index (χ3v) is 2.49. The Balaban J connectivity index is 2.33. The lowest BCUT2D eigenvalue weighted by atomic mass is 10.3. The van der Waals surface area contributed by atoms with Crippen molar-refractivity contribution in [3.63, 3.8) is 0 Å². The summed E-state index contributed by atoms with van der Waals surface area (Å²) >= 11 is 0. The normalized spacial score (nSPS) is 10.0. The average molecular weight is 291 g/mol. The van der Waals surface area contributed by atoms with Crippen molar-refractivity contribution in [1.82, 2.24) is 9.97 Å². The number of hydrogen-bond donors (Lipinski definition) is 0. The van der Waals surface area contributed by atoms with Crippen molar-refractivity contribution in [3.8, 4) is 23.3 Å². The van der Waals surface area contributed by atoms with Crippen LogP contribution in [0.15, 0.2) is 30.6 Å². The van der Waals surface area contributed by atoms with E-state index in [0.29, 0.717) is 11.5 Å². The lowest BCUT2D eigenvalue weighted by Crippen LogP contribution is -2.03. The molecule has 110 valence electrons. The van der Waals surface area contributed by atoms with Crippen molar-refractivity contribution in [1.29, 1.82) is 0 Å². The zero-order chi connectivity index (χ0) is 15.2. The molecule has 0 radical (unpaired) electrons. The molecule has 1 heterocycles. The van der Waals surface area contributed by atoms with Crippen LogP contribution in [0.1, 0.15) is 6.92 Å². The molecule has 1 aromatic carbocycles. The quantitative estimate of drug-likeness (QED) is 0.596. The molecule has 0 saturated carbocycles. The van der Waals surface area contributed by atoms with Gasteiger partial charge in [-0.2, -0.15) is 9.97 Å². The maximum Gasteiger partial charge on any atom is 0.392 e. The number of rotatable bonds is 6. The van der Waals surface area contributed by atoms with Crippen molar-refractivity contribution in [3.05, 3.63) is 40.7 Å². The minimum absolute atomic E-state index is 0.124. The number of methoxy groups -OCH3 is 1. The van der Waals surface area contributed by atoms with E-state index in [1.807, 2.05) is 0 Å². The highest BCUT2D eigenvalue weighted by Crippen LogP contribution is 2.35. The van der Waals surface area contributed by atoms with Crippen LogP contribution < -0.4 is 14.2 Å². The summed E-state index contributed by atoms with van der Waals surface area (Å²) in [6, 6.07) is 6.58. The van der Waals surface area contributed by atoms with Gasteiger partial charge >= 0.3 is 17.4 Å². The van der Waals surface area contributed by atoms with Crippen LogP contribution in [0.5, 0.6) is 23.3 Å². The molecular formula is C13H13N3O5. The summed E-state index contributed by atoms with van der Waals surface area (Å²) < 4.78 is 15.6. The average Bonchev–Trinajstić information content (AvgIpc) is 2.48. The van der Waals surface area contributed by atoms with E-state index in [-0.39, 0.29) is 18.4 Å². The fourth-order valence-corrected chi connectivity index (χ4v) is 1.58. The predicted octanol–water partition coefficient (Wildman–Crippen LogP) is 2.58. The van der Waals surface area contributed by atoms with Crippen LogP contribution in [0.3, 0.4) is 0 Å². The number of benzene rings is 1. The Morgan fingerprint density at radius 3 is 2.33 bits per heavy atom. The molecule has 0 unspecified atom stereocenters. The Bertz CT molecular complexity index is 630. The van der Waals surface area contributed by atoms with Crippen LogP contribution in [0, 0.1) is 10.1 Å². The Hall–Kier alpha value is -2.90. The first-order valence-electron chi connectivity index (χ1n) is 6.09. The summed E-state index contributed by atoms with van der Waals surface area (Å²) in [4.78, 5) is 18.1. The Kier molecular flexibility index (Phi) is 4.50. The highest BCUT2D eigenvalue weighted by atomic mass is 16.6. The molecule has 0 bridgehead atoms. The van der Waals surface area contributed by atoms with Crippen molar-refractivity contribution in [2.45, 2.75) is 6.92 Å². The summed E-state index contributed by atoms with van der Waals surface area (Å²) in [5, 5.41) is 11.2. The number of aromatic nitrogens is 2. The molecular weight excluding hydrogens is 278 g/mol. The highest BCUT2D eigenvalue weighted by Gasteiger charge is 2.26. The van der Waals surface area contributed by atoms with Gasteiger partial charge < -0.3 is 14.2 Å². The van der Waals surface area contributed by atoms with Gasteiger partial charge in [0.25, 0.3) is 0 Å². The fraction of sp³-hybridized carbons (Fsp3) is 0.231. The summed E-state index contributed by atoms with van der Waals surface area (Å²) in [7, 11) is 1.54. The first kappa shape index (κ1) is 14.5. The Labute approximate surface area is 120 Å². The molecule has 2 aromatic rings. The van der Waals surface area contributed by atoms with Gasteiger partial charge in [-0.3, -0.25) is 10.1 Å². The zero-order valence-electron chi connectivity index (χ0n) is 11.5. The van der Waals surface area contributed by atoms with Crippen LogP contribution in [-0.2, 0) is 0 Å². The number of ether oxygens (including phenoxy) is 3. The van der Waals surface area contributed by atoms with Gasteiger partial charge in [0.15, 0.2) is 0 Å². The van der Waals surface area contributed by atoms with Gasteiger partial charge in [-0.05, 0) is 31.2 Å². The molecule has 21 heavy (non-hydrogen) atoms. The molecule has 1 aromatic heterocycles. The van der Waals surface area contributed by atoms with Crippen LogP contribution in [-0.4, -0.2) is 28.6 Å². The molecule has 8 heteroatoms. The van der Waals surface area contributed by atoms with E-state index in [2.05, 4.69) is 9.97 Å². The third kappa shape index (κ3) is 3.35. The van der Waals surface area contributed by atoms with Crippen molar-refractivity contribution in [2.75, 3.05) is 13.7 Å². The van der Waals surface area contributed by atoms with E-state index in [9.17, 15) is 10.1 Å². The molecule has 0 N–H and O–H groups in total. The van der Waals surface area contributed by atoms with E-state index in [4.69, 9.17) is 14.2 Å². The minimum Gasteiger partial charge on any atom is -0.497 e. The largest absolute Gasteiger partial charge is 0.497 e. The summed E-state index contributed by atoms with van der Waals surface area (Å²) in [6.07, 6.45) is 1.15. The van der Waals surface area contributed by atoms with Gasteiger partial charge in [-0.15, -0.1) is 0 Å². The molecule has 0 fully saturated rings. The van der Waals surface area contributed by atoms with Gasteiger partial charge in [0.05, 0.1) is 18.6 Å². The van der Waals surface area contributed by atoms with Gasteiger partial charge in [0, 0.05) is 0 Å². The van der Waals surface area contributed by atoms with E-state index >= 15 is 0 Å². The molecule has 0 amide bonds. The molecule has 0 aliphatic rings. The third-order valence-electron chi connectivity index (χ3n) is 2.49. The number of hydrogen-bond acceptors (Lipinski definition) is 7. The van der Waals surface area contributed by atoms with Crippen LogP contribution >= 0.6 is 0 Å². The van der Waals surface area contributed by atoms with Gasteiger partial charge in [0.2, 0.25) is 0 Å². The Morgan fingerprint density at radius 2 is 1.76 bits per heavy atom. The lowest BCUT2D eigenvalue weighted by molar-refractivity contribution is -0.387. The van der Waals surface area contributed by atoms with E-state index in [1.54, 1.807) is 38.3 Å². The predicted molar refractivity (Wildman–Crippen MR) is 72.9 cm³/mol. The molecule has 0 saturated heterocycles.